The fraction of sp³-hybridized carbons (Fsp3) is 0.462. The molecular weight excluding hydrogens is 282 g/mol. The molecule has 1 aromatic rings. The lowest BCUT2D eigenvalue weighted by atomic mass is 9.98. The van der Waals surface area contributed by atoms with Gasteiger partial charge in [0.25, 0.3) is 5.91 Å². The number of amides is 1. The highest BCUT2D eigenvalue weighted by molar-refractivity contribution is 9.10. The van der Waals surface area contributed by atoms with Crippen LogP contribution in [0.1, 0.15) is 36.0 Å². The van der Waals surface area contributed by atoms with Crippen molar-refractivity contribution in [1.82, 2.24) is 5.32 Å². The Bertz CT molecular complexity index is 414. The molecule has 1 amide bonds. The first-order valence-corrected chi connectivity index (χ1v) is 6.63. The Hall–Kier alpha value is -0.870. The van der Waals surface area contributed by atoms with Crippen molar-refractivity contribution in [3.8, 4) is 0 Å². The molecule has 0 saturated heterocycles. The van der Waals surface area contributed by atoms with E-state index in [4.69, 9.17) is 0 Å². The van der Waals surface area contributed by atoms with Gasteiger partial charge in [0.05, 0.1) is 12.1 Å². The molecule has 17 heavy (non-hydrogen) atoms. The predicted octanol–water partition coefficient (Wildman–Crippen LogP) is 2.48. The number of hydrogen-bond donors (Lipinski definition) is 2. The summed E-state index contributed by atoms with van der Waals surface area (Å²) in [7, 11) is 0. The Morgan fingerprint density at radius 2 is 2.12 bits per heavy atom. The van der Waals surface area contributed by atoms with Crippen LogP contribution >= 0.6 is 15.9 Å². The molecular formula is C13H16BrNO2. The predicted molar refractivity (Wildman–Crippen MR) is 69.9 cm³/mol. The minimum Gasteiger partial charge on any atom is -0.394 e. The summed E-state index contributed by atoms with van der Waals surface area (Å²) in [6, 6.07) is 7.28. The summed E-state index contributed by atoms with van der Waals surface area (Å²) < 4.78 is 0.884. The lowest BCUT2D eigenvalue weighted by molar-refractivity contribution is 0.0838. The number of hydrogen-bond acceptors (Lipinski definition) is 2. The Kier molecular flexibility index (Phi) is 3.84. The molecule has 0 spiro atoms. The second-order valence-electron chi connectivity index (χ2n) is 4.61. The van der Waals surface area contributed by atoms with Crippen molar-refractivity contribution in [2.75, 3.05) is 6.61 Å². The zero-order valence-corrected chi connectivity index (χ0v) is 11.2. The quantitative estimate of drug-likeness (QED) is 0.900. The van der Waals surface area contributed by atoms with Gasteiger partial charge in [-0.2, -0.15) is 0 Å². The minimum absolute atomic E-state index is 0.0206. The number of nitrogens with one attached hydrogen (secondary N) is 1. The number of aliphatic hydroxyl groups excluding tert-OH is 1. The average molecular weight is 298 g/mol. The van der Waals surface area contributed by atoms with Gasteiger partial charge in [-0.25, -0.2) is 0 Å². The first kappa shape index (κ1) is 12.6. The van der Waals surface area contributed by atoms with Gasteiger partial charge in [-0.15, -0.1) is 0 Å². The lowest BCUT2D eigenvalue weighted by Gasteiger charge is -2.28. The van der Waals surface area contributed by atoms with Gasteiger partial charge in [0.15, 0.2) is 0 Å². The largest absolute Gasteiger partial charge is 0.394 e. The summed E-state index contributed by atoms with van der Waals surface area (Å²) in [6.45, 7) is 0.0206. The van der Waals surface area contributed by atoms with E-state index < -0.39 is 5.54 Å². The summed E-state index contributed by atoms with van der Waals surface area (Å²) in [4.78, 5) is 12.1. The van der Waals surface area contributed by atoms with Gasteiger partial charge >= 0.3 is 0 Å². The van der Waals surface area contributed by atoms with Crippen molar-refractivity contribution in [2.45, 2.75) is 31.2 Å². The molecule has 0 aromatic heterocycles. The molecule has 3 nitrogen and oxygen atoms in total. The summed E-state index contributed by atoms with van der Waals surface area (Å²) in [5.41, 5.74) is 0.221. The average Bonchev–Trinajstić information content (AvgIpc) is 2.78. The third kappa shape index (κ3) is 2.87. The van der Waals surface area contributed by atoms with E-state index in [2.05, 4.69) is 21.2 Å². The van der Waals surface area contributed by atoms with Gasteiger partial charge in [0.1, 0.15) is 0 Å². The van der Waals surface area contributed by atoms with Crippen molar-refractivity contribution >= 4 is 21.8 Å². The third-order valence-corrected chi connectivity index (χ3v) is 3.82. The molecule has 1 aliphatic rings. The maximum Gasteiger partial charge on any atom is 0.251 e. The monoisotopic (exact) mass is 297 g/mol. The Balaban J connectivity index is 2.11. The molecule has 0 aliphatic heterocycles. The molecule has 0 bridgehead atoms. The van der Waals surface area contributed by atoms with E-state index in [1.807, 2.05) is 12.1 Å². The lowest BCUT2D eigenvalue weighted by Crippen LogP contribution is -2.49. The second-order valence-corrected chi connectivity index (χ2v) is 5.53. The molecule has 1 aromatic carbocycles. The Morgan fingerprint density at radius 1 is 1.41 bits per heavy atom. The van der Waals surface area contributed by atoms with Crippen LogP contribution in [0.15, 0.2) is 28.7 Å². The van der Waals surface area contributed by atoms with E-state index in [0.29, 0.717) is 5.56 Å². The zero-order valence-electron chi connectivity index (χ0n) is 9.58. The molecule has 0 atom stereocenters. The third-order valence-electron chi connectivity index (χ3n) is 3.33. The van der Waals surface area contributed by atoms with Crippen molar-refractivity contribution in [2.24, 2.45) is 0 Å². The number of halogens is 1. The van der Waals surface area contributed by atoms with Crippen LogP contribution in [0.25, 0.3) is 0 Å². The van der Waals surface area contributed by atoms with Crippen LogP contribution in [0.5, 0.6) is 0 Å². The fourth-order valence-electron chi connectivity index (χ4n) is 2.32. The van der Waals surface area contributed by atoms with Crippen molar-refractivity contribution in [3.05, 3.63) is 34.3 Å². The number of carbonyl (C=O) groups excluding carboxylic acids is 1. The van der Waals surface area contributed by atoms with Crippen LogP contribution < -0.4 is 5.32 Å². The van der Waals surface area contributed by atoms with Crippen LogP contribution in [-0.2, 0) is 0 Å². The first-order valence-electron chi connectivity index (χ1n) is 5.84. The number of carbonyl (C=O) groups is 1. The normalized spacial score (nSPS) is 18.0. The fourth-order valence-corrected chi connectivity index (χ4v) is 2.72. The number of aliphatic hydroxyl groups is 1. The molecule has 92 valence electrons. The molecule has 2 rings (SSSR count). The van der Waals surface area contributed by atoms with Gasteiger partial charge in [0, 0.05) is 10.0 Å². The van der Waals surface area contributed by atoms with Crippen molar-refractivity contribution < 1.29 is 9.90 Å². The maximum absolute atomic E-state index is 12.1. The van der Waals surface area contributed by atoms with E-state index >= 15 is 0 Å². The molecule has 1 aliphatic carbocycles. The smallest absolute Gasteiger partial charge is 0.251 e. The van der Waals surface area contributed by atoms with E-state index in [1.165, 1.54) is 0 Å². The van der Waals surface area contributed by atoms with Crippen LogP contribution in [-0.4, -0.2) is 23.2 Å². The van der Waals surface area contributed by atoms with E-state index in [0.717, 1.165) is 30.2 Å². The Morgan fingerprint density at radius 3 is 2.71 bits per heavy atom. The van der Waals surface area contributed by atoms with Gasteiger partial charge in [0.2, 0.25) is 0 Å². The summed E-state index contributed by atoms with van der Waals surface area (Å²) in [5.74, 6) is -0.109. The summed E-state index contributed by atoms with van der Waals surface area (Å²) >= 11 is 3.34. The van der Waals surface area contributed by atoms with E-state index in [9.17, 15) is 9.90 Å². The van der Waals surface area contributed by atoms with E-state index in [1.54, 1.807) is 12.1 Å². The second kappa shape index (κ2) is 5.19. The first-order chi connectivity index (χ1) is 8.15. The van der Waals surface area contributed by atoms with Crippen LogP contribution in [0.3, 0.4) is 0 Å². The Labute approximate surface area is 109 Å². The highest BCUT2D eigenvalue weighted by Gasteiger charge is 2.34. The zero-order chi connectivity index (χ0) is 12.3. The number of rotatable bonds is 3. The van der Waals surface area contributed by atoms with Crippen LogP contribution in [0.4, 0.5) is 0 Å². The van der Waals surface area contributed by atoms with Gasteiger partial charge in [-0.3, -0.25) is 4.79 Å². The summed E-state index contributed by atoms with van der Waals surface area (Å²) in [5, 5.41) is 12.4. The van der Waals surface area contributed by atoms with Crippen LogP contribution in [0.2, 0.25) is 0 Å². The molecule has 0 unspecified atom stereocenters. The summed E-state index contributed by atoms with van der Waals surface area (Å²) in [6.07, 6.45) is 3.87. The molecule has 1 fully saturated rings. The minimum atomic E-state index is -0.403. The molecule has 0 heterocycles. The molecule has 0 radical (unpaired) electrons. The van der Waals surface area contributed by atoms with Gasteiger partial charge in [-0.05, 0) is 31.0 Å². The highest BCUT2D eigenvalue weighted by Crippen LogP contribution is 2.29. The van der Waals surface area contributed by atoms with Crippen molar-refractivity contribution in [1.29, 1.82) is 0 Å². The SMILES string of the molecule is O=C(NC1(CO)CCCC1)c1cccc(Br)c1. The van der Waals surface area contributed by atoms with Crippen LogP contribution in [0, 0.1) is 0 Å². The molecule has 2 N–H and O–H groups in total. The molecule has 1 saturated carbocycles. The highest BCUT2D eigenvalue weighted by atomic mass is 79.9. The standard InChI is InChI=1S/C13H16BrNO2/c14-11-5-3-4-10(8-11)12(17)15-13(9-16)6-1-2-7-13/h3-5,8,16H,1-2,6-7,9H2,(H,15,17). The topological polar surface area (TPSA) is 49.3 Å². The maximum atomic E-state index is 12.1. The molecule has 4 heteroatoms. The van der Waals surface area contributed by atoms with Gasteiger partial charge in [-0.1, -0.05) is 34.8 Å². The van der Waals surface area contributed by atoms with Crippen molar-refractivity contribution in [3.63, 3.8) is 0 Å². The van der Waals surface area contributed by atoms with Gasteiger partial charge < -0.3 is 10.4 Å². The van der Waals surface area contributed by atoms with E-state index in [-0.39, 0.29) is 12.5 Å². The number of benzene rings is 1.